The minimum absolute atomic E-state index is 0.0556. The third kappa shape index (κ3) is 9.72. The van der Waals surface area contributed by atoms with Gasteiger partial charge in [0.1, 0.15) is 22.9 Å². The Morgan fingerprint density at radius 1 is 1.03 bits per heavy atom. The van der Waals surface area contributed by atoms with Crippen LogP contribution in [0.5, 0.6) is 5.75 Å². The first-order chi connectivity index (χ1) is 15.3. The highest BCUT2D eigenvalue weighted by molar-refractivity contribution is 5.94. The molecular weight excluding hydrogens is 422 g/mol. The Bertz CT molecular complexity index is 786. The summed E-state index contributed by atoms with van der Waals surface area (Å²) >= 11 is 0. The van der Waals surface area contributed by atoms with Gasteiger partial charge < -0.3 is 25.8 Å². The van der Waals surface area contributed by atoms with Crippen molar-refractivity contribution < 1.29 is 24.2 Å². The van der Waals surface area contributed by atoms with E-state index in [1.165, 1.54) is 12.1 Å². The number of aromatic hydroxyl groups is 1. The Kier molecular flexibility index (Phi) is 10.7. The summed E-state index contributed by atoms with van der Waals surface area (Å²) in [4.78, 5) is 38.9. The molecular formula is C25H41N3O5. The zero-order valence-electron chi connectivity index (χ0n) is 21.1. The fourth-order valence-electron chi connectivity index (χ4n) is 3.29. The van der Waals surface area contributed by atoms with Crippen molar-refractivity contribution in [3.05, 3.63) is 29.8 Å². The molecule has 1 rings (SSSR count). The number of unbranched alkanes of at least 4 members (excludes halogenated alkanes) is 2. The molecule has 0 aliphatic rings. The average molecular weight is 464 g/mol. The maximum Gasteiger partial charge on any atom is 0.408 e. The van der Waals surface area contributed by atoms with E-state index in [1.54, 1.807) is 39.8 Å². The molecule has 1 aromatic carbocycles. The van der Waals surface area contributed by atoms with Crippen LogP contribution in [0.2, 0.25) is 0 Å². The Balaban J connectivity index is 3.14. The van der Waals surface area contributed by atoms with Gasteiger partial charge in [0, 0.05) is 6.54 Å². The van der Waals surface area contributed by atoms with Gasteiger partial charge in [-0.2, -0.15) is 0 Å². The molecule has 0 saturated carbocycles. The van der Waals surface area contributed by atoms with Gasteiger partial charge >= 0.3 is 6.09 Å². The summed E-state index contributed by atoms with van der Waals surface area (Å²) in [7, 11) is 0. The lowest BCUT2D eigenvalue weighted by atomic mass is 9.89. The molecule has 4 N–H and O–H groups in total. The Morgan fingerprint density at radius 2 is 1.64 bits per heavy atom. The summed E-state index contributed by atoms with van der Waals surface area (Å²) in [5.74, 6) is -0.689. The highest BCUT2D eigenvalue weighted by Gasteiger charge is 2.39. The van der Waals surface area contributed by atoms with Crippen molar-refractivity contribution in [3.8, 4) is 5.75 Å². The molecule has 8 nitrogen and oxygen atoms in total. The van der Waals surface area contributed by atoms with E-state index >= 15 is 0 Å². The van der Waals surface area contributed by atoms with Crippen LogP contribution in [0, 0.1) is 5.92 Å². The van der Waals surface area contributed by atoms with E-state index in [0.29, 0.717) is 18.5 Å². The topological polar surface area (TPSA) is 117 Å². The smallest absolute Gasteiger partial charge is 0.408 e. The summed E-state index contributed by atoms with van der Waals surface area (Å²) in [5, 5.41) is 18.1. The molecule has 0 bridgehead atoms. The summed E-state index contributed by atoms with van der Waals surface area (Å²) in [5.41, 5.74) is -1.59. The lowest BCUT2D eigenvalue weighted by Crippen LogP contribution is -2.59. The van der Waals surface area contributed by atoms with Crippen molar-refractivity contribution in [1.82, 2.24) is 16.0 Å². The highest BCUT2D eigenvalue weighted by Crippen LogP contribution is 2.24. The number of nitrogens with one attached hydrogen (secondary N) is 3. The van der Waals surface area contributed by atoms with Gasteiger partial charge in [-0.25, -0.2) is 4.79 Å². The van der Waals surface area contributed by atoms with Gasteiger partial charge in [0.2, 0.25) is 11.8 Å². The van der Waals surface area contributed by atoms with Gasteiger partial charge in [-0.3, -0.25) is 9.59 Å². The van der Waals surface area contributed by atoms with Crippen molar-refractivity contribution >= 4 is 17.9 Å². The van der Waals surface area contributed by atoms with Gasteiger partial charge in [-0.1, -0.05) is 45.7 Å². The second-order valence-electron chi connectivity index (χ2n) is 9.95. The first-order valence-corrected chi connectivity index (χ1v) is 11.7. The Hall–Kier alpha value is -2.77. The van der Waals surface area contributed by atoms with Crippen LogP contribution in [0.25, 0.3) is 0 Å². The fourth-order valence-corrected chi connectivity index (χ4v) is 3.29. The number of carbonyl (C=O) groups is 3. The summed E-state index contributed by atoms with van der Waals surface area (Å²) in [6, 6.07) is 5.24. The van der Waals surface area contributed by atoms with E-state index in [0.717, 1.165) is 19.3 Å². The minimum atomic E-state index is -1.40. The molecule has 33 heavy (non-hydrogen) atoms. The average Bonchev–Trinajstić information content (AvgIpc) is 2.69. The normalized spacial score (nSPS) is 14.2. The predicted octanol–water partition coefficient (Wildman–Crippen LogP) is 3.97. The standard InChI is InChI=1S/C25H41N3O5/c1-8-9-10-15-26-22(31)25(7,18-11-13-19(29)14-12-18)28-21(30)20(16-17(2)3)27-23(32)33-24(4,5)6/h11-14,17,20,29H,8-10,15-16H2,1-7H3,(H,26,31)(H,27,32)(H,28,30)/t20-,25-/m0/s1. The molecule has 1 aromatic rings. The largest absolute Gasteiger partial charge is 0.508 e. The molecule has 0 aliphatic heterocycles. The van der Waals surface area contributed by atoms with Crippen LogP contribution >= 0.6 is 0 Å². The number of phenolic OH excluding ortho intramolecular Hbond substituents is 1. The Labute approximate surface area is 197 Å². The zero-order valence-corrected chi connectivity index (χ0v) is 21.1. The van der Waals surface area contributed by atoms with Crippen molar-refractivity contribution in [3.63, 3.8) is 0 Å². The first kappa shape index (κ1) is 28.3. The van der Waals surface area contributed by atoms with E-state index < -0.39 is 29.2 Å². The molecule has 0 fully saturated rings. The van der Waals surface area contributed by atoms with Gasteiger partial charge in [0.05, 0.1) is 0 Å². The third-order valence-electron chi connectivity index (χ3n) is 5.05. The number of amides is 3. The quantitative estimate of drug-likeness (QED) is 0.371. The van der Waals surface area contributed by atoms with Crippen LogP contribution in [-0.2, 0) is 19.9 Å². The minimum Gasteiger partial charge on any atom is -0.508 e. The molecule has 0 heterocycles. The van der Waals surface area contributed by atoms with Crippen LogP contribution in [-0.4, -0.2) is 41.2 Å². The monoisotopic (exact) mass is 463 g/mol. The van der Waals surface area contributed by atoms with E-state index in [1.807, 2.05) is 13.8 Å². The van der Waals surface area contributed by atoms with Gasteiger partial charge in [-0.05, 0) is 64.2 Å². The maximum absolute atomic E-state index is 13.3. The molecule has 8 heteroatoms. The van der Waals surface area contributed by atoms with Crippen molar-refractivity contribution in [2.45, 2.75) is 91.3 Å². The number of benzene rings is 1. The second-order valence-corrected chi connectivity index (χ2v) is 9.95. The van der Waals surface area contributed by atoms with Crippen molar-refractivity contribution in [2.75, 3.05) is 6.54 Å². The van der Waals surface area contributed by atoms with Gasteiger partial charge in [-0.15, -0.1) is 0 Å². The second kappa shape index (κ2) is 12.5. The molecule has 3 amide bonds. The SMILES string of the molecule is CCCCCNC(=O)[C@@](C)(NC(=O)[C@H](CC(C)C)NC(=O)OC(C)(C)C)c1ccc(O)cc1. The molecule has 0 unspecified atom stereocenters. The van der Waals surface area contributed by atoms with Crippen LogP contribution < -0.4 is 16.0 Å². The van der Waals surface area contributed by atoms with E-state index in [4.69, 9.17) is 4.74 Å². The number of carbonyl (C=O) groups excluding carboxylic acids is 3. The zero-order chi connectivity index (χ0) is 25.2. The fraction of sp³-hybridized carbons (Fsp3) is 0.640. The number of hydrogen-bond acceptors (Lipinski definition) is 5. The molecule has 0 radical (unpaired) electrons. The number of hydrogen-bond donors (Lipinski definition) is 4. The lowest BCUT2D eigenvalue weighted by Gasteiger charge is -2.32. The summed E-state index contributed by atoms with van der Waals surface area (Å²) in [6.07, 6.45) is 2.51. The van der Waals surface area contributed by atoms with E-state index in [9.17, 15) is 19.5 Å². The van der Waals surface area contributed by atoms with Crippen LogP contribution in [0.3, 0.4) is 0 Å². The summed E-state index contributed by atoms with van der Waals surface area (Å²) < 4.78 is 5.31. The van der Waals surface area contributed by atoms with E-state index in [-0.39, 0.29) is 17.6 Å². The molecule has 2 atom stereocenters. The molecule has 0 saturated heterocycles. The first-order valence-electron chi connectivity index (χ1n) is 11.7. The van der Waals surface area contributed by atoms with Crippen LogP contribution in [0.1, 0.15) is 79.7 Å². The van der Waals surface area contributed by atoms with Crippen LogP contribution in [0.4, 0.5) is 4.79 Å². The maximum atomic E-state index is 13.3. The number of alkyl carbamates (subject to hydrolysis) is 1. The molecule has 0 spiro atoms. The molecule has 0 aromatic heterocycles. The van der Waals surface area contributed by atoms with Crippen LogP contribution in [0.15, 0.2) is 24.3 Å². The summed E-state index contributed by atoms with van der Waals surface area (Å²) in [6.45, 7) is 13.3. The molecule has 0 aliphatic carbocycles. The highest BCUT2D eigenvalue weighted by atomic mass is 16.6. The molecule has 186 valence electrons. The van der Waals surface area contributed by atoms with E-state index in [2.05, 4.69) is 22.9 Å². The van der Waals surface area contributed by atoms with Crippen molar-refractivity contribution in [1.29, 1.82) is 0 Å². The predicted molar refractivity (Wildman–Crippen MR) is 129 cm³/mol. The lowest BCUT2D eigenvalue weighted by molar-refractivity contribution is -0.134. The number of ether oxygens (including phenoxy) is 1. The third-order valence-corrected chi connectivity index (χ3v) is 5.05. The number of phenols is 1. The number of rotatable bonds is 11. The Morgan fingerprint density at radius 3 is 2.15 bits per heavy atom. The van der Waals surface area contributed by atoms with Gasteiger partial charge in [0.15, 0.2) is 0 Å². The van der Waals surface area contributed by atoms with Crippen molar-refractivity contribution in [2.24, 2.45) is 5.92 Å². The van der Waals surface area contributed by atoms with Gasteiger partial charge in [0.25, 0.3) is 0 Å².